The summed E-state index contributed by atoms with van der Waals surface area (Å²) in [6, 6.07) is 0. The summed E-state index contributed by atoms with van der Waals surface area (Å²) in [7, 11) is 0. The Hall–Kier alpha value is -4.97. The minimum absolute atomic E-state index is 0.126. The van der Waals surface area contributed by atoms with E-state index in [2.05, 4.69) is 161 Å². The molecule has 384 valence electrons. The van der Waals surface area contributed by atoms with Crippen LogP contribution in [0.15, 0.2) is 158 Å². The summed E-state index contributed by atoms with van der Waals surface area (Å²) in [5.41, 5.74) is 0. The van der Waals surface area contributed by atoms with Gasteiger partial charge in [0.15, 0.2) is 6.10 Å². The number of carbonyl (C=O) groups is 3. The molecule has 0 N–H and O–H groups in total. The summed E-state index contributed by atoms with van der Waals surface area (Å²) in [6.07, 6.45) is 81.0. The number of carbonyl (C=O) groups excluding carboxylic acids is 3. The average Bonchev–Trinajstić information content (AvgIpc) is 3.35. The molecule has 0 aromatic carbocycles. The van der Waals surface area contributed by atoms with Gasteiger partial charge in [-0.05, 0) is 116 Å². The largest absolute Gasteiger partial charge is 0.462 e. The lowest BCUT2D eigenvalue weighted by Crippen LogP contribution is -2.30. The number of ether oxygens (including phenoxy) is 3. The van der Waals surface area contributed by atoms with Gasteiger partial charge in [-0.25, -0.2) is 0 Å². The Morgan fingerprint density at radius 2 is 0.623 bits per heavy atom. The zero-order chi connectivity index (χ0) is 50.0. The van der Waals surface area contributed by atoms with Crippen LogP contribution in [0, 0.1) is 0 Å². The lowest BCUT2D eigenvalue weighted by Gasteiger charge is -2.18. The Labute approximate surface area is 422 Å². The molecule has 0 spiro atoms. The summed E-state index contributed by atoms with van der Waals surface area (Å²) >= 11 is 0. The maximum absolute atomic E-state index is 12.8. The molecule has 6 nitrogen and oxygen atoms in total. The fraction of sp³-hybridized carbons (Fsp3) is 0.540. The van der Waals surface area contributed by atoms with Crippen molar-refractivity contribution in [3.8, 4) is 0 Å². The Morgan fingerprint density at radius 3 is 1.06 bits per heavy atom. The highest BCUT2D eigenvalue weighted by Crippen LogP contribution is 2.12. The number of unbranched alkanes of at least 4 members (excludes halogenated alkanes) is 11. The summed E-state index contributed by atoms with van der Waals surface area (Å²) < 4.78 is 16.7. The van der Waals surface area contributed by atoms with E-state index < -0.39 is 6.10 Å². The molecule has 1 unspecified atom stereocenters. The molecule has 0 aromatic rings. The first-order valence-corrected chi connectivity index (χ1v) is 27.0. The van der Waals surface area contributed by atoms with E-state index in [1.54, 1.807) is 0 Å². The van der Waals surface area contributed by atoms with E-state index in [9.17, 15) is 14.4 Å². The minimum Gasteiger partial charge on any atom is -0.462 e. The molecule has 0 aromatic heterocycles. The molecule has 0 saturated heterocycles. The molecule has 6 heteroatoms. The molecule has 0 heterocycles. The van der Waals surface area contributed by atoms with Crippen molar-refractivity contribution >= 4 is 17.9 Å². The predicted octanol–water partition coefficient (Wildman–Crippen LogP) is 18.2. The van der Waals surface area contributed by atoms with Crippen LogP contribution < -0.4 is 0 Å². The quantitative estimate of drug-likeness (QED) is 0.0199. The molecule has 0 aliphatic rings. The Kier molecular flexibility index (Phi) is 51.6. The van der Waals surface area contributed by atoms with Crippen molar-refractivity contribution < 1.29 is 28.6 Å². The highest BCUT2D eigenvalue weighted by Gasteiger charge is 2.19. The number of esters is 3. The summed E-state index contributed by atoms with van der Waals surface area (Å²) in [5, 5.41) is 0. The van der Waals surface area contributed by atoms with Crippen LogP contribution in [-0.4, -0.2) is 37.2 Å². The van der Waals surface area contributed by atoms with Gasteiger partial charge in [0.1, 0.15) is 13.2 Å². The van der Waals surface area contributed by atoms with E-state index >= 15 is 0 Å². The van der Waals surface area contributed by atoms with Crippen LogP contribution in [0.2, 0.25) is 0 Å². The van der Waals surface area contributed by atoms with Gasteiger partial charge in [0, 0.05) is 19.3 Å². The third kappa shape index (κ3) is 53.8. The second-order valence-corrected chi connectivity index (χ2v) is 17.0. The first kappa shape index (κ1) is 64.0. The highest BCUT2D eigenvalue weighted by molar-refractivity contribution is 5.71. The van der Waals surface area contributed by atoms with E-state index in [0.29, 0.717) is 12.8 Å². The number of rotatable bonds is 46. The normalized spacial score (nSPS) is 13.4. The topological polar surface area (TPSA) is 78.9 Å². The predicted molar refractivity (Wildman–Crippen MR) is 297 cm³/mol. The monoisotopic (exact) mass is 949 g/mol. The van der Waals surface area contributed by atoms with Gasteiger partial charge < -0.3 is 14.2 Å². The van der Waals surface area contributed by atoms with Crippen molar-refractivity contribution in [2.45, 2.75) is 207 Å². The molecular weight excluding hydrogens is 853 g/mol. The van der Waals surface area contributed by atoms with Gasteiger partial charge in [0.2, 0.25) is 0 Å². The van der Waals surface area contributed by atoms with E-state index in [0.717, 1.165) is 141 Å². The molecule has 1 atom stereocenters. The second-order valence-electron chi connectivity index (χ2n) is 17.0. The Bertz CT molecular complexity index is 1610. The fourth-order valence-electron chi connectivity index (χ4n) is 6.63. The van der Waals surface area contributed by atoms with Crippen LogP contribution in [0.1, 0.15) is 201 Å². The molecule has 0 saturated carbocycles. The SMILES string of the molecule is CC\C=C/C=C\C=C/CCCCCCCC(=O)OCC(COC(=O)CC/C=C\C/C=C\C/C=C\C/C=C\C/C=C\C/C=C\CC)OC(=O)CCCCCCCC/C=C\C/C=C\C/C=C\C/C=C\CC. The highest BCUT2D eigenvalue weighted by atomic mass is 16.6. The molecule has 0 amide bonds. The van der Waals surface area contributed by atoms with Gasteiger partial charge in [-0.2, -0.15) is 0 Å². The van der Waals surface area contributed by atoms with E-state index in [1.165, 1.54) is 12.8 Å². The molecule has 0 fully saturated rings. The molecule has 69 heavy (non-hydrogen) atoms. The van der Waals surface area contributed by atoms with Crippen LogP contribution in [0.3, 0.4) is 0 Å². The van der Waals surface area contributed by atoms with Crippen LogP contribution in [0.4, 0.5) is 0 Å². The third-order valence-electron chi connectivity index (χ3n) is 10.6. The molecule has 0 radical (unpaired) electrons. The molecular formula is C63H96O6. The Balaban J connectivity index is 4.58. The number of allylic oxidation sites excluding steroid dienone is 26. The van der Waals surface area contributed by atoms with Crippen molar-refractivity contribution in [3.63, 3.8) is 0 Å². The smallest absolute Gasteiger partial charge is 0.306 e. The summed E-state index contributed by atoms with van der Waals surface area (Å²) in [4.78, 5) is 38.1. The molecule has 0 bridgehead atoms. The maximum atomic E-state index is 12.8. The van der Waals surface area contributed by atoms with Gasteiger partial charge in [0.05, 0.1) is 0 Å². The average molecular weight is 949 g/mol. The zero-order valence-corrected chi connectivity index (χ0v) is 43.8. The van der Waals surface area contributed by atoms with E-state index in [-0.39, 0.29) is 44.0 Å². The number of hydrogen-bond acceptors (Lipinski definition) is 6. The van der Waals surface area contributed by atoms with Crippen LogP contribution in [0.5, 0.6) is 0 Å². The first-order valence-electron chi connectivity index (χ1n) is 27.0. The summed E-state index contributed by atoms with van der Waals surface area (Å²) in [6.45, 7) is 6.16. The maximum Gasteiger partial charge on any atom is 0.306 e. The fourth-order valence-corrected chi connectivity index (χ4v) is 6.63. The van der Waals surface area contributed by atoms with E-state index in [4.69, 9.17) is 14.2 Å². The molecule has 0 aliphatic carbocycles. The van der Waals surface area contributed by atoms with Crippen LogP contribution >= 0.6 is 0 Å². The minimum atomic E-state index is -0.833. The van der Waals surface area contributed by atoms with Crippen molar-refractivity contribution in [2.24, 2.45) is 0 Å². The van der Waals surface area contributed by atoms with Crippen molar-refractivity contribution in [3.05, 3.63) is 158 Å². The van der Waals surface area contributed by atoms with Crippen molar-refractivity contribution in [1.82, 2.24) is 0 Å². The van der Waals surface area contributed by atoms with Gasteiger partial charge in [-0.3, -0.25) is 14.4 Å². The second kappa shape index (κ2) is 55.6. The lowest BCUT2D eigenvalue weighted by atomic mass is 10.1. The zero-order valence-electron chi connectivity index (χ0n) is 43.8. The van der Waals surface area contributed by atoms with Gasteiger partial charge >= 0.3 is 17.9 Å². The van der Waals surface area contributed by atoms with Gasteiger partial charge in [0.25, 0.3) is 0 Å². The van der Waals surface area contributed by atoms with E-state index in [1.807, 2.05) is 18.2 Å². The third-order valence-corrected chi connectivity index (χ3v) is 10.6. The van der Waals surface area contributed by atoms with Crippen LogP contribution in [-0.2, 0) is 28.6 Å². The Morgan fingerprint density at radius 1 is 0.304 bits per heavy atom. The van der Waals surface area contributed by atoms with Crippen LogP contribution in [0.25, 0.3) is 0 Å². The molecule has 0 rings (SSSR count). The molecule has 0 aliphatic heterocycles. The van der Waals surface area contributed by atoms with Gasteiger partial charge in [-0.15, -0.1) is 0 Å². The van der Waals surface area contributed by atoms with Crippen molar-refractivity contribution in [1.29, 1.82) is 0 Å². The standard InChI is InChI=1S/C63H96O6/c1-4-7-10-13-16-19-22-25-27-29-31-33-35-38-41-44-47-50-53-56-62(65)68-59-60(58-67-61(64)55-52-49-46-43-40-37-24-21-18-15-12-9-6-3)69-63(66)57-54-51-48-45-42-39-36-34-32-30-28-26-23-20-17-14-11-8-5-2/h7-12,15-21,24-28,31-34,38,41,47,50,60H,4-6,13-14,22-23,29-30,35-37,39-40,42-46,48-49,51-59H2,1-3H3/b10-7-,11-8-,12-9-,18-15-,19-16-,20-17-,24-21-,27-25-,28-26-,33-31-,34-32-,41-38-,50-47-. The first-order chi connectivity index (χ1) is 34.0. The van der Waals surface area contributed by atoms with Crippen molar-refractivity contribution in [2.75, 3.05) is 13.2 Å². The number of hydrogen-bond donors (Lipinski definition) is 0. The summed E-state index contributed by atoms with van der Waals surface area (Å²) in [5.74, 6) is -1.06. The van der Waals surface area contributed by atoms with Gasteiger partial charge in [-0.1, -0.05) is 224 Å². The lowest BCUT2D eigenvalue weighted by molar-refractivity contribution is -0.166.